The van der Waals surface area contributed by atoms with E-state index in [2.05, 4.69) is 27.5 Å². The number of anilines is 2. The highest BCUT2D eigenvalue weighted by molar-refractivity contribution is 7.07. The zero-order valence-corrected chi connectivity index (χ0v) is 14.4. The van der Waals surface area contributed by atoms with E-state index in [-0.39, 0.29) is 5.91 Å². The fourth-order valence-electron chi connectivity index (χ4n) is 2.45. The Morgan fingerprint density at radius 2 is 1.83 bits per heavy atom. The Hall–Kier alpha value is -2.59. The summed E-state index contributed by atoms with van der Waals surface area (Å²) in [5.74, 6) is -0.000387. The minimum absolute atomic E-state index is 0.000387. The molecule has 0 saturated heterocycles. The highest BCUT2D eigenvalue weighted by atomic mass is 32.1. The molecule has 122 valence electrons. The largest absolute Gasteiger partial charge is 0.381 e. The number of aryl methyl sites for hydroxylation is 1. The van der Waals surface area contributed by atoms with E-state index in [0.29, 0.717) is 6.42 Å². The topological polar surface area (TPSA) is 41.1 Å². The normalized spacial score (nSPS) is 10.4. The van der Waals surface area contributed by atoms with Crippen LogP contribution in [0.5, 0.6) is 0 Å². The maximum absolute atomic E-state index is 12.1. The standard InChI is InChI=1S/C20H20N2OS/c1-15-3-2-4-19(11-15)22-20(23)12-16-5-7-18(8-6-16)21-13-17-9-10-24-14-17/h2-11,14,21H,12-13H2,1H3,(H,22,23). The van der Waals surface area contributed by atoms with E-state index in [1.165, 1.54) is 5.56 Å². The first kappa shape index (κ1) is 16.3. The van der Waals surface area contributed by atoms with Gasteiger partial charge in [-0.15, -0.1) is 0 Å². The molecule has 4 heteroatoms. The van der Waals surface area contributed by atoms with E-state index in [9.17, 15) is 4.79 Å². The van der Waals surface area contributed by atoms with Gasteiger partial charge >= 0.3 is 0 Å². The van der Waals surface area contributed by atoms with Crippen LogP contribution in [0.4, 0.5) is 11.4 Å². The molecule has 2 N–H and O–H groups in total. The summed E-state index contributed by atoms with van der Waals surface area (Å²) in [5, 5.41) is 10.5. The predicted molar refractivity (Wildman–Crippen MR) is 102 cm³/mol. The molecule has 0 spiro atoms. The SMILES string of the molecule is Cc1cccc(NC(=O)Cc2ccc(NCc3ccsc3)cc2)c1. The molecule has 0 saturated carbocycles. The number of thiophene rings is 1. The maximum atomic E-state index is 12.1. The number of amides is 1. The van der Waals surface area contributed by atoms with Crippen molar-refractivity contribution in [2.45, 2.75) is 19.9 Å². The van der Waals surface area contributed by atoms with Gasteiger partial charge in [-0.05, 0) is 64.7 Å². The van der Waals surface area contributed by atoms with Crippen LogP contribution in [-0.4, -0.2) is 5.91 Å². The predicted octanol–water partition coefficient (Wildman–Crippen LogP) is 4.85. The Balaban J connectivity index is 1.52. The molecule has 3 aromatic rings. The Kier molecular flexibility index (Phi) is 5.29. The van der Waals surface area contributed by atoms with Gasteiger partial charge in [0.05, 0.1) is 6.42 Å². The van der Waals surface area contributed by atoms with E-state index in [1.54, 1.807) is 11.3 Å². The number of hydrogen-bond acceptors (Lipinski definition) is 3. The lowest BCUT2D eigenvalue weighted by Gasteiger charge is -2.08. The van der Waals surface area contributed by atoms with Gasteiger partial charge in [0.2, 0.25) is 5.91 Å². The van der Waals surface area contributed by atoms with Gasteiger partial charge in [0.25, 0.3) is 0 Å². The van der Waals surface area contributed by atoms with Crippen LogP contribution in [0.25, 0.3) is 0 Å². The van der Waals surface area contributed by atoms with E-state index in [1.807, 2.05) is 55.5 Å². The summed E-state index contributed by atoms with van der Waals surface area (Å²) in [6.07, 6.45) is 0.374. The Morgan fingerprint density at radius 1 is 1.00 bits per heavy atom. The lowest BCUT2D eigenvalue weighted by molar-refractivity contribution is -0.115. The molecule has 3 nitrogen and oxygen atoms in total. The lowest BCUT2D eigenvalue weighted by Crippen LogP contribution is -2.14. The third-order valence-electron chi connectivity index (χ3n) is 3.70. The number of carbonyl (C=O) groups is 1. The van der Waals surface area contributed by atoms with Gasteiger partial charge in [-0.1, -0.05) is 24.3 Å². The van der Waals surface area contributed by atoms with Crippen molar-refractivity contribution < 1.29 is 4.79 Å². The second-order valence-electron chi connectivity index (χ2n) is 5.78. The second kappa shape index (κ2) is 7.79. The fourth-order valence-corrected chi connectivity index (χ4v) is 3.12. The third-order valence-corrected chi connectivity index (χ3v) is 4.43. The molecule has 24 heavy (non-hydrogen) atoms. The van der Waals surface area contributed by atoms with Crippen molar-refractivity contribution >= 4 is 28.6 Å². The minimum Gasteiger partial charge on any atom is -0.381 e. The van der Waals surface area contributed by atoms with Crippen LogP contribution in [0.2, 0.25) is 0 Å². The Morgan fingerprint density at radius 3 is 2.54 bits per heavy atom. The average molecular weight is 336 g/mol. The highest BCUT2D eigenvalue weighted by Gasteiger charge is 2.04. The molecule has 0 atom stereocenters. The van der Waals surface area contributed by atoms with Crippen LogP contribution in [0.3, 0.4) is 0 Å². The summed E-state index contributed by atoms with van der Waals surface area (Å²) >= 11 is 1.70. The first-order valence-corrected chi connectivity index (χ1v) is 8.84. The number of nitrogens with one attached hydrogen (secondary N) is 2. The first-order valence-electron chi connectivity index (χ1n) is 7.89. The van der Waals surface area contributed by atoms with E-state index < -0.39 is 0 Å². The van der Waals surface area contributed by atoms with Gasteiger partial charge in [0.15, 0.2) is 0 Å². The number of benzene rings is 2. The summed E-state index contributed by atoms with van der Waals surface area (Å²) in [5.41, 5.74) is 5.31. The zero-order valence-electron chi connectivity index (χ0n) is 13.6. The van der Waals surface area contributed by atoms with Gasteiger partial charge in [0, 0.05) is 17.9 Å². The van der Waals surface area contributed by atoms with Gasteiger partial charge < -0.3 is 10.6 Å². The van der Waals surface area contributed by atoms with Crippen molar-refractivity contribution in [3.05, 3.63) is 82.0 Å². The van der Waals surface area contributed by atoms with E-state index in [4.69, 9.17) is 0 Å². The highest BCUT2D eigenvalue weighted by Crippen LogP contribution is 2.14. The molecule has 0 radical (unpaired) electrons. The molecule has 0 fully saturated rings. The maximum Gasteiger partial charge on any atom is 0.228 e. The molecule has 0 aliphatic heterocycles. The monoisotopic (exact) mass is 336 g/mol. The van der Waals surface area contributed by atoms with E-state index in [0.717, 1.165) is 29.0 Å². The van der Waals surface area contributed by atoms with Crippen LogP contribution < -0.4 is 10.6 Å². The minimum atomic E-state index is -0.000387. The lowest BCUT2D eigenvalue weighted by atomic mass is 10.1. The number of hydrogen-bond donors (Lipinski definition) is 2. The molecule has 0 unspecified atom stereocenters. The molecular weight excluding hydrogens is 316 g/mol. The molecule has 0 aliphatic carbocycles. The molecule has 3 rings (SSSR count). The van der Waals surface area contributed by atoms with Crippen molar-refractivity contribution in [1.82, 2.24) is 0 Å². The zero-order chi connectivity index (χ0) is 16.8. The number of carbonyl (C=O) groups excluding carboxylic acids is 1. The van der Waals surface area contributed by atoms with Gasteiger partial charge in [-0.25, -0.2) is 0 Å². The molecular formula is C20H20N2OS. The van der Waals surface area contributed by atoms with Crippen LogP contribution in [0, 0.1) is 6.92 Å². The van der Waals surface area contributed by atoms with Crippen molar-refractivity contribution in [3.63, 3.8) is 0 Å². The molecule has 1 heterocycles. The number of rotatable bonds is 6. The summed E-state index contributed by atoms with van der Waals surface area (Å²) in [4.78, 5) is 12.1. The average Bonchev–Trinajstić information content (AvgIpc) is 3.07. The van der Waals surface area contributed by atoms with Gasteiger partial charge in [-0.3, -0.25) is 4.79 Å². The second-order valence-corrected chi connectivity index (χ2v) is 6.56. The van der Waals surface area contributed by atoms with Crippen LogP contribution in [0.15, 0.2) is 65.4 Å². The van der Waals surface area contributed by atoms with Crippen LogP contribution in [0.1, 0.15) is 16.7 Å². The van der Waals surface area contributed by atoms with Crippen molar-refractivity contribution in [3.8, 4) is 0 Å². The summed E-state index contributed by atoms with van der Waals surface area (Å²) < 4.78 is 0. The first-order chi connectivity index (χ1) is 11.7. The van der Waals surface area contributed by atoms with Crippen molar-refractivity contribution in [2.75, 3.05) is 10.6 Å². The quantitative estimate of drug-likeness (QED) is 0.675. The van der Waals surface area contributed by atoms with Gasteiger partial charge in [-0.2, -0.15) is 11.3 Å². The van der Waals surface area contributed by atoms with Crippen LogP contribution >= 0.6 is 11.3 Å². The molecule has 1 aromatic heterocycles. The summed E-state index contributed by atoms with van der Waals surface area (Å²) in [7, 11) is 0. The summed E-state index contributed by atoms with van der Waals surface area (Å²) in [6.45, 7) is 2.83. The molecule has 0 bridgehead atoms. The summed E-state index contributed by atoms with van der Waals surface area (Å²) in [6, 6.07) is 18.0. The molecule has 2 aromatic carbocycles. The smallest absolute Gasteiger partial charge is 0.228 e. The Bertz CT molecular complexity index is 795. The van der Waals surface area contributed by atoms with Crippen molar-refractivity contribution in [1.29, 1.82) is 0 Å². The fraction of sp³-hybridized carbons (Fsp3) is 0.150. The van der Waals surface area contributed by atoms with Crippen LogP contribution in [-0.2, 0) is 17.8 Å². The molecule has 0 aliphatic rings. The third kappa shape index (κ3) is 4.70. The van der Waals surface area contributed by atoms with Gasteiger partial charge in [0.1, 0.15) is 0 Å². The van der Waals surface area contributed by atoms with E-state index >= 15 is 0 Å². The molecule has 1 amide bonds. The van der Waals surface area contributed by atoms with Crippen molar-refractivity contribution in [2.24, 2.45) is 0 Å². The Labute approximate surface area is 146 Å².